The van der Waals surface area contributed by atoms with E-state index in [2.05, 4.69) is 5.32 Å². The van der Waals surface area contributed by atoms with Crippen molar-refractivity contribution in [3.8, 4) is 0 Å². The summed E-state index contributed by atoms with van der Waals surface area (Å²) in [5.41, 5.74) is 2.27. The molecular formula is C21H22F3N3O2. The molecule has 0 saturated carbocycles. The van der Waals surface area contributed by atoms with Gasteiger partial charge in [-0.15, -0.1) is 0 Å². The molecule has 1 atom stereocenters. The number of para-hydroxylation sites is 2. The standard InChI is InChI=1S/C21H22F3N3O2/c1-14-7-3-4-8-15(14)12-26(2)13-20(29)27-17-10-6-5-9-16(17)25-19(28)11-18(27)21(22,23)24/h3-10,18H,11-13H2,1-2H3,(H,25,28). The fraction of sp³-hybridized carbons (Fsp3) is 0.333. The molecule has 2 aromatic rings. The van der Waals surface area contributed by atoms with Crippen LogP contribution in [0.3, 0.4) is 0 Å². The molecule has 0 saturated heterocycles. The Morgan fingerprint density at radius 3 is 2.52 bits per heavy atom. The summed E-state index contributed by atoms with van der Waals surface area (Å²) < 4.78 is 41.2. The first kappa shape index (κ1) is 20.9. The lowest BCUT2D eigenvalue weighted by Gasteiger charge is -2.33. The van der Waals surface area contributed by atoms with Crippen LogP contribution in [0.2, 0.25) is 0 Å². The largest absolute Gasteiger partial charge is 0.409 e. The maximum absolute atomic E-state index is 13.7. The van der Waals surface area contributed by atoms with E-state index < -0.39 is 30.5 Å². The molecule has 0 radical (unpaired) electrons. The lowest BCUT2D eigenvalue weighted by Crippen LogP contribution is -2.52. The van der Waals surface area contributed by atoms with Crippen LogP contribution in [-0.2, 0) is 16.1 Å². The Kier molecular flexibility index (Phi) is 5.93. The molecule has 3 rings (SSSR count). The Morgan fingerprint density at radius 1 is 1.17 bits per heavy atom. The molecule has 5 nitrogen and oxygen atoms in total. The summed E-state index contributed by atoms with van der Waals surface area (Å²) in [6.07, 6.45) is -5.58. The monoisotopic (exact) mass is 405 g/mol. The van der Waals surface area contributed by atoms with E-state index in [1.165, 1.54) is 12.1 Å². The predicted octanol–water partition coefficient (Wildman–Crippen LogP) is 3.73. The van der Waals surface area contributed by atoms with Crippen LogP contribution in [0.25, 0.3) is 0 Å². The molecule has 8 heteroatoms. The molecular weight excluding hydrogens is 383 g/mol. The minimum Gasteiger partial charge on any atom is -0.324 e. The highest BCUT2D eigenvalue weighted by Gasteiger charge is 2.49. The molecule has 1 N–H and O–H groups in total. The van der Waals surface area contributed by atoms with E-state index in [0.717, 1.165) is 11.1 Å². The normalized spacial score (nSPS) is 17.0. The highest BCUT2D eigenvalue weighted by Crippen LogP contribution is 2.37. The Hall–Kier alpha value is -2.87. The first-order valence-corrected chi connectivity index (χ1v) is 9.17. The zero-order chi connectivity index (χ0) is 21.2. The molecule has 154 valence electrons. The SMILES string of the molecule is Cc1ccccc1CN(C)CC(=O)N1c2ccccc2NC(=O)CC1C(F)(F)F. The van der Waals surface area contributed by atoms with Gasteiger partial charge in [0.2, 0.25) is 11.8 Å². The molecule has 0 aliphatic carbocycles. The van der Waals surface area contributed by atoms with E-state index in [4.69, 9.17) is 0 Å². The number of likely N-dealkylation sites (N-methyl/N-ethyl adjacent to an activating group) is 1. The van der Waals surface area contributed by atoms with E-state index in [1.807, 2.05) is 31.2 Å². The van der Waals surface area contributed by atoms with Crippen molar-refractivity contribution < 1.29 is 22.8 Å². The molecule has 1 aliphatic heterocycles. The van der Waals surface area contributed by atoms with Crippen LogP contribution in [-0.4, -0.2) is 42.5 Å². The van der Waals surface area contributed by atoms with Gasteiger partial charge in [0.25, 0.3) is 0 Å². The van der Waals surface area contributed by atoms with Crippen LogP contribution in [0.1, 0.15) is 17.5 Å². The van der Waals surface area contributed by atoms with Gasteiger partial charge < -0.3 is 5.32 Å². The third-order valence-electron chi connectivity index (χ3n) is 4.88. The number of hydrogen-bond acceptors (Lipinski definition) is 3. The zero-order valence-corrected chi connectivity index (χ0v) is 16.2. The van der Waals surface area contributed by atoms with Gasteiger partial charge in [0, 0.05) is 6.54 Å². The third-order valence-corrected chi connectivity index (χ3v) is 4.88. The second-order valence-corrected chi connectivity index (χ2v) is 7.19. The molecule has 1 unspecified atom stereocenters. The number of carbonyl (C=O) groups excluding carboxylic acids is 2. The number of halogens is 3. The summed E-state index contributed by atoms with van der Waals surface area (Å²) in [6.45, 7) is 2.14. The Bertz CT molecular complexity index is 914. The number of anilines is 2. The maximum Gasteiger partial charge on any atom is 0.409 e. The Balaban J connectivity index is 1.89. The molecule has 1 aliphatic rings. The summed E-state index contributed by atoms with van der Waals surface area (Å²) in [7, 11) is 1.68. The summed E-state index contributed by atoms with van der Waals surface area (Å²) in [5, 5.41) is 2.46. The van der Waals surface area contributed by atoms with Gasteiger partial charge in [-0.3, -0.25) is 19.4 Å². The van der Waals surface area contributed by atoms with Gasteiger partial charge in [0.05, 0.1) is 24.3 Å². The van der Waals surface area contributed by atoms with Gasteiger partial charge in [-0.1, -0.05) is 36.4 Å². The molecule has 0 bridgehead atoms. The average Bonchev–Trinajstić information content (AvgIpc) is 2.79. The number of fused-ring (bicyclic) bond motifs is 1. The van der Waals surface area contributed by atoms with Crippen molar-refractivity contribution in [1.82, 2.24) is 4.90 Å². The van der Waals surface area contributed by atoms with Gasteiger partial charge in [-0.2, -0.15) is 13.2 Å². The van der Waals surface area contributed by atoms with E-state index in [-0.39, 0.29) is 17.9 Å². The zero-order valence-electron chi connectivity index (χ0n) is 16.2. The number of nitrogens with zero attached hydrogens (tertiary/aromatic N) is 2. The molecule has 0 aromatic heterocycles. The first-order chi connectivity index (χ1) is 13.7. The van der Waals surface area contributed by atoms with Gasteiger partial charge in [-0.25, -0.2) is 0 Å². The highest BCUT2D eigenvalue weighted by molar-refractivity contribution is 6.05. The number of carbonyl (C=O) groups is 2. The number of hydrogen-bond donors (Lipinski definition) is 1. The molecule has 29 heavy (non-hydrogen) atoms. The average molecular weight is 405 g/mol. The minimum atomic E-state index is -4.74. The second-order valence-electron chi connectivity index (χ2n) is 7.19. The van der Waals surface area contributed by atoms with Gasteiger partial charge in [0.1, 0.15) is 6.04 Å². The van der Waals surface area contributed by atoms with Gasteiger partial charge in [-0.05, 0) is 37.2 Å². The van der Waals surface area contributed by atoms with Crippen molar-refractivity contribution in [1.29, 1.82) is 0 Å². The number of benzene rings is 2. The maximum atomic E-state index is 13.7. The molecule has 1 heterocycles. The van der Waals surface area contributed by atoms with Crippen LogP contribution in [0, 0.1) is 6.92 Å². The lowest BCUT2D eigenvalue weighted by atomic mass is 10.1. The van der Waals surface area contributed by atoms with Crippen molar-refractivity contribution in [3.63, 3.8) is 0 Å². The van der Waals surface area contributed by atoms with Crippen LogP contribution in [0.5, 0.6) is 0 Å². The van der Waals surface area contributed by atoms with E-state index in [0.29, 0.717) is 11.4 Å². The van der Waals surface area contributed by atoms with Crippen LogP contribution in [0.4, 0.5) is 24.5 Å². The lowest BCUT2D eigenvalue weighted by molar-refractivity contribution is -0.158. The number of alkyl halides is 3. The summed E-state index contributed by atoms with van der Waals surface area (Å²) >= 11 is 0. The second kappa shape index (κ2) is 8.24. The fourth-order valence-corrected chi connectivity index (χ4v) is 3.44. The quantitative estimate of drug-likeness (QED) is 0.843. The number of nitrogens with one attached hydrogen (secondary N) is 1. The van der Waals surface area contributed by atoms with Gasteiger partial charge in [0.15, 0.2) is 0 Å². The minimum absolute atomic E-state index is 0.0509. The van der Waals surface area contributed by atoms with Crippen molar-refractivity contribution in [2.45, 2.75) is 32.1 Å². The highest BCUT2D eigenvalue weighted by atomic mass is 19.4. The summed E-state index contributed by atoms with van der Waals surface area (Å²) in [6, 6.07) is 11.5. The summed E-state index contributed by atoms with van der Waals surface area (Å²) in [4.78, 5) is 27.4. The van der Waals surface area contributed by atoms with E-state index in [9.17, 15) is 22.8 Å². The van der Waals surface area contributed by atoms with E-state index >= 15 is 0 Å². The van der Waals surface area contributed by atoms with Crippen molar-refractivity contribution in [3.05, 3.63) is 59.7 Å². The van der Waals surface area contributed by atoms with Crippen LogP contribution in [0.15, 0.2) is 48.5 Å². The van der Waals surface area contributed by atoms with Gasteiger partial charge >= 0.3 is 6.18 Å². The Morgan fingerprint density at radius 2 is 1.83 bits per heavy atom. The van der Waals surface area contributed by atoms with Crippen molar-refractivity contribution >= 4 is 23.2 Å². The molecule has 0 fully saturated rings. The Labute approximate surface area is 167 Å². The van der Waals surface area contributed by atoms with Crippen molar-refractivity contribution in [2.24, 2.45) is 0 Å². The number of rotatable bonds is 4. The molecule has 2 aromatic carbocycles. The summed E-state index contributed by atoms with van der Waals surface area (Å²) in [5.74, 6) is -1.49. The fourth-order valence-electron chi connectivity index (χ4n) is 3.44. The molecule has 2 amide bonds. The topological polar surface area (TPSA) is 52.7 Å². The van der Waals surface area contributed by atoms with Crippen molar-refractivity contribution in [2.75, 3.05) is 23.8 Å². The number of aryl methyl sites for hydroxylation is 1. The number of amides is 2. The molecule has 0 spiro atoms. The van der Waals surface area contributed by atoms with Crippen LogP contribution >= 0.6 is 0 Å². The predicted molar refractivity (Wildman–Crippen MR) is 105 cm³/mol. The van der Waals surface area contributed by atoms with E-state index in [1.54, 1.807) is 24.1 Å². The third kappa shape index (κ3) is 4.76. The van der Waals surface area contributed by atoms with Crippen LogP contribution < -0.4 is 10.2 Å². The first-order valence-electron chi connectivity index (χ1n) is 9.17. The smallest absolute Gasteiger partial charge is 0.324 e.